The van der Waals surface area contributed by atoms with Crippen LogP contribution in [0.4, 0.5) is 8.78 Å². The Morgan fingerprint density at radius 2 is 1.50 bits per heavy atom. The molecule has 3 rings (SSSR count). The third-order valence-electron chi connectivity index (χ3n) is 6.34. The van der Waals surface area contributed by atoms with Crippen molar-refractivity contribution in [2.45, 2.75) is 57.3 Å². The van der Waals surface area contributed by atoms with Gasteiger partial charge in [0.05, 0.1) is 6.07 Å². The second kappa shape index (κ2) is 9.12. The average Bonchev–Trinajstić information content (AvgIpc) is 2.68. The van der Waals surface area contributed by atoms with E-state index in [1.165, 1.54) is 56.7 Å². The normalized spacial score (nSPS) is 29.9. The Bertz CT molecular complexity index is 685. The molecule has 1 aromatic carbocycles. The molecule has 0 heterocycles. The number of nitrogens with zero attached hydrogens (tertiary/aromatic N) is 1. The summed E-state index contributed by atoms with van der Waals surface area (Å²) in [6, 6.07) is 6.41. The van der Waals surface area contributed by atoms with E-state index >= 15 is 0 Å². The van der Waals surface area contributed by atoms with Crippen molar-refractivity contribution < 1.29 is 8.78 Å². The highest BCUT2D eigenvalue weighted by atomic mass is 19.2. The molecule has 0 saturated heterocycles. The standard InChI is InChI=1S/C23H27F2N/c24-22-14-13-21(16-23(22)25)20-11-9-19(10-12-20)18-7-5-17(6-8-18)4-2-1-3-15-26/h1-4,13-14,16-20H,5-12H2/b3-1+,4-2+. The van der Waals surface area contributed by atoms with Gasteiger partial charge in [-0.25, -0.2) is 8.78 Å². The van der Waals surface area contributed by atoms with Crippen LogP contribution in [0.5, 0.6) is 0 Å². The van der Waals surface area contributed by atoms with Gasteiger partial charge in [0.1, 0.15) is 0 Å². The molecular formula is C23H27F2N. The predicted molar refractivity (Wildman–Crippen MR) is 100 cm³/mol. The topological polar surface area (TPSA) is 23.8 Å². The van der Waals surface area contributed by atoms with Crippen LogP contribution in [0, 0.1) is 40.7 Å². The lowest BCUT2D eigenvalue weighted by Crippen LogP contribution is -2.25. The maximum atomic E-state index is 13.5. The first-order valence-corrected chi connectivity index (χ1v) is 9.85. The zero-order chi connectivity index (χ0) is 18.4. The molecule has 2 fully saturated rings. The molecule has 0 aliphatic heterocycles. The van der Waals surface area contributed by atoms with E-state index in [0.29, 0.717) is 11.8 Å². The number of rotatable bonds is 4. The Labute approximate surface area is 155 Å². The Morgan fingerprint density at radius 1 is 0.846 bits per heavy atom. The largest absolute Gasteiger partial charge is 0.204 e. The van der Waals surface area contributed by atoms with Crippen molar-refractivity contribution >= 4 is 0 Å². The lowest BCUT2D eigenvalue weighted by molar-refractivity contribution is 0.171. The summed E-state index contributed by atoms with van der Waals surface area (Å²) < 4.78 is 26.6. The highest BCUT2D eigenvalue weighted by Gasteiger charge is 2.30. The Hall–Kier alpha value is -1.95. The van der Waals surface area contributed by atoms with E-state index in [4.69, 9.17) is 5.26 Å². The lowest BCUT2D eigenvalue weighted by Gasteiger charge is -2.37. The van der Waals surface area contributed by atoms with Crippen molar-refractivity contribution in [1.82, 2.24) is 0 Å². The molecule has 1 nitrogen and oxygen atoms in total. The van der Waals surface area contributed by atoms with Gasteiger partial charge in [-0.1, -0.05) is 24.3 Å². The van der Waals surface area contributed by atoms with E-state index in [9.17, 15) is 8.78 Å². The molecule has 0 unspecified atom stereocenters. The minimum Gasteiger partial charge on any atom is -0.204 e. The van der Waals surface area contributed by atoms with Gasteiger partial charge in [0, 0.05) is 6.08 Å². The number of halogens is 2. The Balaban J connectivity index is 1.46. The molecule has 2 aliphatic rings. The van der Waals surface area contributed by atoms with Gasteiger partial charge in [0.15, 0.2) is 11.6 Å². The highest BCUT2D eigenvalue weighted by Crippen LogP contribution is 2.44. The van der Waals surface area contributed by atoms with E-state index in [2.05, 4.69) is 6.08 Å². The maximum Gasteiger partial charge on any atom is 0.159 e. The van der Waals surface area contributed by atoms with Crippen LogP contribution in [0.25, 0.3) is 0 Å². The molecule has 0 atom stereocenters. The van der Waals surface area contributed by atoms with Crippen LogP contribution in [-0.2, 0) is 0 Å². The first-order chi connectivity index (χ1) is 12.7. The van der Waals surface area contributed by atoms with Gasteiger partial charge in [-0.05, 0) is 92.7 Å². The van der Waals surface area contributed by atoms with Crippen LogP contribution in [0.3, 0.4) is 0 Å². The first-order valence-electron chi connectivity index (χ1n) is 9.85. The number of hydrogen-bond acceptors (Lipinski definition) is 1. The van der Waals surface area contributed by atoms with Crippen LogP contribution in [-0.4, -0.2) is 0 Å². The second-order valence-corrected chi connectivity index (χ2v) is 7.83. The van der Waals surface area contributed by atoms with Gasteiger partial charge in [-0.3, -0.25) is 0 Å². The zero-order valence-electron chi connectivity index (χ0n) is 15.2. The lowest BCUT2D eigenvalue weighted by atomic mass is 9.68. The summed E-state index contributed by atoms with van der Waals surface area (Å²) in [6.07, 6.45) is 17.2. The van der Waals surface area contributed by atoms with Crippen LogP contribution in [0.2, 0.25) is 0 Å². The van der Waals surface area contributed by atoms with Crippen molar-refractivity contribution in [1.29, 1.82) is 5.26 Å². The SMILES string of the molecule is N#C/C=C/C=C/C1CCC(C2CCC(c3ccc(F)c(F)c3)CC2)CC1. The smallest absolute Gasteiger partial charge is 0.159 e. The van der Waals surface area contributed by atoms with Crippen LogP contribution in [0.15, 0.2) is 42.5 Å². The molecular weight excluding hydrogens is 328 g/mol. The van der Waals surface area contributed by atoms with Gasteiger partial charge in [0.25, 0.3) is 0 Å². The van der Waals surface area contributed by atoms with E-state index in [0.717, 1.165) is 30.2 Å². The van der Waals surface area contributed by atoms with Crippen molar-refractivity contribution in [3.8, 4) is 6.07 Å². The molecule has 0 amide bonds. The summed E-state index contributed by atoms with van der Waals surface area (Å²) in [7, 11) is 0. The van der Waals surface area contributed by atoms with Crippen LogP contribution < -0.4 is 0 Å². The summed E-state index contributed by atoms with van der Waals surface area (Å²) >= 11 is 0. The number of allylic oxidation sites excluding steroid dienone is 4. The van der Waals surface area contributed by atoms with Crippen molar-refractivity contribution in [2.24, 2.45) is 17.8 Å². The van der Waals surface area contributed by atoms with Crippen molar-refractivity contribution in [3.63, 3.8) is 0 Å². The monoisotopic (exact) mass is 355 g/mol. The zero-order valence-corrected chi connectivity index (χ0v) is 15.2. The molecule has 3 heteroatoms. The van der Waals surface area contributed by atoms with E-state index in [1.54, 1.807) is 6.07 Å². The molecule has 0 N–H and O–H groups in total. The first kappa shape index (κ1) is 18.8. The Morgan fingerprint density at radius 3 is 2.12 bits per heavy atom. The van der Waals surface area contributed by atoms with Gasteiger partial charge < -0.3 is 0 Å². The number of benzene rings is 1. The van der Waals surface area contributed by atoms with Gasteiger partial charge in [-0.15, -0.1) is 0 Å². The average molecular weight is 355 g/mol. The summed E-state index contributed by atoms with van der Waals surface area (Å²) in [5.41, 5.74) is 0.960. The quantitative estimate of drug-likeness (QED) is 0.436. The van der Waals surface area contributed by atoms with Gasteiger partial charge in [0.2, 0.25) is 0 Å². The fraction of sp³-hybridized carbons (Fsp3) is 0.522. The third-order valence-corrected chi connectivity index (χ3v) is 6.34. The molecule has 2 saturated carbocycles. The fourth-order valence-electron chi connectivity index (χ4n) is 4.82. The van der Waals surface area contributed by atoms with Crippen LogP contribution in [0.1, 0.15) is 62.8 Å². The predicted octanol–water partition coefficient (Wildman–Crippen LogP) is 6.68. The summed E-state index contributed by atoms with van der Waals surface area (Å²) in [5, 5.41) is 8.49. The van der Waals surface area contributed by atoms with Crippen LogP contribution >= 0.6 is 0 Å². The van der Waals surface area contributed by atoms with E-state index in [1.807, 2.05) is 18.2 Å². The van der Waals surface area contributed by atoms with Crippen molar-refractivity contribution in [3.05, 3.63) is 59.7 Å². The number of hydrogen-bond donors (Lipinski definition) is 0. The Kier molecular flexibility index (Phi) is 6.61. The van der Waals surface area contributed by atoms with E-state index < -0.39 is 11.6 Å². The number of nitriles is 1. The molecule has 0 bridgehead atoms. The third kappa shape index (κ3) is 4.81. The summed E-state index contributed by atoms with van der Waals surface area (Å²) in [4.78, 5) is 0. The molecule has 0 spiro atoms. The summed E-state index contributed by atoms with van der Waals surface area (Å²) in [5.74, 6) is 1.16. The minimum absolute atomic E-state index is 0.382. The van der Waals surface area contributed by atoms with E-state index in [-0.39, 0.29) is 0 Å². The maximum absolute atomic E-state index is 13.5. The minimum atomic E-state index is -0.753. The second-order valence-electron chi connectivity index (χ2n) is 7.83. The molecule has 26 heavy (non-hydrogen) atoms. The molecule has 138 valence electrons. The van der Waals surface area contributed by atoms with Gasteiger partial charge in [-0.2, -0.15) is 5.26 Å². The fourth-order valence-corrected chi connectivity index (χ4v) is 4.82. The molecule has 1 aromatic rings. The molecule has 2 aliphatic carbocycles. The van der Waals surface area contributed by atoms with Gasteiger partial charge >= 0.3 is 0 Å². The molecule has 0 aromatic heterocycles. The molecule has 0 radical (unpaired) electrons. The highest BCUT2D eigenvalue weighted by molar-refractivity contribution is 5.22. The van der Waals surface area contributed by atoms with Crippen molar-refractivity contribution in [2.75, 3.05) is 0 Å². The summed E-state index contributed by atoms with van der Waals surface area (Å²) in [6.45, 7) is 0.